The maximum atomic E-state index is 13.5. The van der Waals surface area contributed by atoms with Gasteiger partial charge in [0.2, 0.25) is 0 Å². The zero-order valence-electron chi connectivity index (χ0n) is 20.6. The van der Waals surface area contributed by atoms with Crippen LogP contribution in [0.4, 0.5) is 4.39 Å². The van der Waals surface area contributed by atoms with Gasteiger partial charge in [0, 0.05) is 12.4 Å². The van der Waals surface area contributed by atoms with Crippen molar-refractivity contribution in [2.24, 2.45) is 11.3 Å². The van der Waals surface area contributed by atoms with Crippen molar-refractivity contribution in [1.29, 1.82) is 0 Å². The van der Waals surface area contributed by atoms with Crippen LogP contribution in [0.1, 0.15) is 59.5 Å². The van der Waals surface area contributed by atoms with Crippen LogP contribution in [-0.4, -0.2) is 25.7 Å². The molecule has 0 aliphatic heterocycles. The summed E-state index contributed by atoms with van der Waals surface area (Å²) in [5.41, 5.74) is 5.93. The summed E-state index contributed by atoms with van der Waals surface area (Å²) in [7, 11) is 0. The molecular weight excluding hydrogens is 465 g/mol. The Morgan fingerprint density at radius 1 is 1.14 bits per heavy atom. The van der Waals surface area contributed by atoms with E-state index < -0.39 is 0 Å². The molecule has 0 bridgehead atoms. The van der Waals surface area contributed by atoms with E-state index in [-0.39, 0.29) is 23.2 Å². The SMILES string of the molecule is CC12Cc3cnn(-c4ccc(F)cc4)c3C=C1CCC2CC(NC(=O)c1cnccn1)c1ccccc1. The molecular formula is C30H28FN5O. The van der Waals surface area contributed by atoms with Gasteiger partial charge < -0.3 is 5.32 Å². The van der Waals surface area contributed by atoms with E-state index in [1.807, 2.05) is 29.1 Å². The first-order chi connectivity index (χ1) is 18.0. The Kier molecular flexibility index (Phi) is 5.91. The van der Waals surface area contributed by atoms with Gasteiger partial charge in [-0.3, -0.25) is 9.78 Å². The number of allylic oxidation sites excluding steroid dienone is 1. The Labute approximate surface area is 215 Å². The predicted octanol–water partition coefficient (Wildman–Crippen LogP) is 5.72. The van der Waals surface area contributed by atoms with E-state index in [4.69, 9.17) is 0 Å². The van der Waals surface area contributed by atoms with Gasteiger partial charge in [0.05, 0.1) is 29.8 Å². The lowest BCUT2D eigenvalue weighted by atomic mass is 9.68. The summed E-state index contributed by atoms with van der Waals surface area (Å²) < 4.78 is 15.4. The third-order valence-corrected chi connectivity index (χ3v) is 8.05. The summed E-state index contributed by atoms with van der Waals surface area (Å²) in [5.74, 6) is -0.0884. The summed E-state index contributed by atoms with van der Waals surface area (Å²) in [6.45, 7) is 2.35. The first-order valence-electron chi connectivity index (χ1n) is 12.7. The average molecular weight is 494 g/mol. The second-order valence-electron chi connectivity index (χ2n) is 10.2. The fourth-order valence-corrected chi connectivity index (χ4v) is 6.00. The Hall–Kier alpha value is -4.13. The number of fused-ring (bicyclic) bond motifs is 2. The predicted molar refractivity (Wildman–Crippen MR) is 139 cm³/mol. The van der Waals surface area contributed by atoms with Crippen molar-refractivity contribution in [3.05, 3.63) is 113 Å². The van der Waals surface area contributed by atoms with Crippen LogP contribution >= 0.6 is 0 Å². The lowest BCUT2D eigenvalue weighted by molar-refractivity contribution is 0.0918. The second kappa shape index (κ2) is 9.39. The van der Waals surface area contributed by atoms with E-state index in [9.17, 15) is 9.18 Å². The van der Waals surface area contributed by atoms with Gasteiger partial charge in [0.15, 0.2) is 0 Å². The smallest absolute Gasteiger partial charge is 0.271 e. The first-order valence-corrected chi connectivity index (χ1v) is 12.7. The number of halogens is 1. The Morgan fingerprint density at radius 2 is 1.95 bits per heavy atom. The first kappa shape index (κ1) is 23.3. The number of hydrogen-bond donors (Lipinski definition) is 1. The molecule has 2 aromatic heterocycles. The number of benzene rings is 2. The monoisotopic (exact) mass is 493 g/mol. The molecule has 3 atom stereocenters. The molecule has 4 aromatic rings. The number of carbonyl (C=O) groups excluding carboxylic acids is 1. The highest BCUT2D eigenvalue weighted by atomic mass is 19.1. The number of rotatable bonds is 6. The molecule has 1 fully saturated rings. The number of carbonyl (C=O) groups is 1. The topological polar surface area (TPSA) is 72.7 Å². The lowest BCUT2D eigenvalue weighted by Crippen LogP contribution is -2.35. The van der Waals surface area contributed by atoms with Crippen molar-refractivity contribution in [2.45, 2.75) is 38.6 Å². The van der Waals surface area contributed by atoms with Crippen LogP contribution in [0.5, 0.6) is 0 Å². The Balaban J connectivity index is 1.27. The van der Waals surface area contributed by atoms with Gasteiger partial charge in [-0.1, -0.05) is 42.8 Å². The molecule has 1 saturated carbocycles. The number of nitrogens with one attached hydrogen (secondary N) is 1. The maximum Gasteiger partial charge on any atom is 0.271 e. The van der Waals surface area contributed by atoms with E-state index in [1.54, 1.807) is 18.3 Å². The van der Waals surface area contributed by atoms with Crippen molar-refractivity contribution in [1.82, 2.24) is 25.1 Å². The minimum atomic E-state index is -0.256. The molecule has 6 nitrogen and oxygen atoms in total. The fraction of sp³-hybridized carbons (Fsp3) is 0.267. The summed E-state index contributed by atoms with van der Waals surface area (Å²) >= 11 is 0. The maximum absolute atomic E-state index is 13.5. The van der Waals surface area contributed by atoms with Gasteiger partial charge in [-0.05, 0) is 78.5 Å². The molecule has 37 heavy (non-hydrogen) atoms. The molecule has 6 rings (SSSR count). The highest BCUT2D eigenvalue weighted by Gasteiger charge is 2.46. The van der Waals surface area contributed by atoms with Crippen LogP contribution < -0.4 is 5.32 Å². The van der Waals surface area contributed by atoms with Gasteiger partial charge in [-0.25, -0.2) is 14.1 Å². The molecule has 1 N–H and O–H groups in total. The van der Waals surface area contributed by atoms with Crippen molar-refractivity contribution in [3.63, 3.8) is 0 Å². The zero-order valence-corrected chi connectivity index (χ0v) is 20.6. The highest BCUT2D eigenvalue weighted by Crippen LogP contribution is 2.55. The number of hydrogen-bond acceptors (Lipinski definition) is 4. The third kappa shape index (κ3) is 4.35. The zero-order chi connectivity index (χ0) is 25.4. The van der Waals surface area contributed by atoms with Crippen molar-refractivity contribution < 1.29 is 9.18 Å². The molecule has 7 heteroatoms. The Bertz CT molecular complexity index is 1450. The van der Waals surface area contributed by atoms with E-state index in [0.29, 0.717) is 11.6 Å². The van der Waals surface area contributed by atoms with Gasteiger partial charge in [0.1, 0.15) is 11.5 Å². The molecule has 2 aliphatic rings. The highest BCUT2D eigenvalue weighted by molar-refractivity contribution is 5.92. The molecule has 0 spiro atoms. The Morgan fingerprint density at radius 3 is 2.70 bits per heavy atom. The van der Waals surface area contributed by atoms with Gasteiger partial charge >= 0.3 is 0 Å². The van der Waals surface area contributed by atoms with Crippen LogP contribution in [0, 0.1) is 17.2 Å². The standard InChI is InChI=1S/C30H28FN5O/c1-30-17-21-18-34-36(25-11-9-24(31)10-12-25)28(21)16-23(30)8-7-22(30)15-26(20-5-3-2-4-6-20)35-29(37)27-19-32-13-14-33-27/h2-6,9-14,16,18-19,22,26H,7-8,15,17H2,1H3,(H,35,37). The van der Waals surface area contributed by atoms with Crippen LogP contribution in [0.3, 0.4) is 0 Å². The molecule has 2 aromatic carbocycles. The van der Waals surface area contributed by atoms with Crippen LogP contribution in [0.2, 0.25) is 0 Å². The number of aromatic nitrogens is 4. The lowest BCUT2D eigenvalue weighted by Gasteiger charge is -2.37. The van der Waals surface area contributed by atoms with E-state index >= 15 is 0 Å². The summed E-state index contributed by atoms with van der Waals surface area (Å²) in [5, 5.41) is 7.87. The molecule has 186 valence electrons. The van der Waals surface area contributed by atoms with Crippen molar-refractivity contribution >= 4 is 12.0 Å². The minimum Gasteiger partial charge on any atom is -0.344 e. The van der Waals surface area contributed by atoms with Crippen LogP contribution in [0.25, 0.3) is 11.8 Å². The van der Waals surface area contributed by atoms with Crippen molar-refractivity contribution in [3.8, 4) is 5.69 Å². The minimum absolute atomic E-state index is 0.0199. The third-order valence-electron chi connectivity index (χ3n) is 8.05. The van der Waals surface area contributed by atoms with Gasteiger partial charge in [0.25, 0.3) is 5.91 Å². The number of amides is 1. The average Bonchev–Trinajstić information content (AvgIpc) is 3.47. The van der Waals surface area contributed by atoms with Crippen LogP contribution in [0.15, 0.2) is 85.0 Å². The summed E-state index contributed by atoms with van der Waals surface area (Å²) in [6, 6.07) is 16.5. The second-order valence-corrected chi connectivity index (χ2v) is 10.2. The largest absolute Gasteiger partial charge is 0.344 e. The van der Waals surface area contributed by atoms with E-state index in [1.165, 1.54) is 35.7 Å². The molecule has 2 heterocycles. The summed E-state index contributed by atoms with van der Waals surface area (Å²) in [4.78, 5) is 21.3. The van der Waals surface area contributed by atoms with Crippen LogP contribution in [-0.2, 0) is 6.42 Å². The molecule has 1 amide bonds. The quantitative estimate of drug-likeness (QED) is 0.373. The van der Waals surface area contributed by atoms with E-state index in [2.05, 4.69) is 45.5 Å². The van der Waals surface area contributed by atoms with Gasteiger partial charge in [-0.15, -0.1) is 0 Å². The molecule has 3 unspecified atom stereocenters. The number of nitrogens with zero attached hydrogens (tertiary/aromatic N) is 4. The molecule has 0 radical (unpaired) electrons. The summed E-state index contributed by atoms with van der Waals surface area (Å²) in [6.07, 6.45) is 12.6. The van der Waals surface area contributed by atoms with E-state index in [0.717, 1.165) is 42.6 Å². The molecule has 2 aliphatic carbocycles. The molecule has 0 saturated heterocycles. The van der Waals surface area contributed by atoms with Gasteiger partial charge in [-0.2, -0.15) is 5.10 Å². The normalized spacial score (nSPS) is 21.0. The van der Waals surface area contributed by atoms with Crippen molar-refractivity contribution in [2.75, 3.05) is 0 Å². The fourth-order valence-electron chi connectivity index (χ4n) is 6.00.